The van der Waals surface area contributed by atoms with Crippen LogP contribution in [-0.2, 0) is 0 Å². The number of methoxy groups -OCH3 is 2. The first-order chi connectivity index (χ1) is 12.6. The normalized spacial score (nSPS) is 14.8. The van der Waals surface area contributed by atoms with Gasteiger partial charge >= 0.3 is 0 Å². The van der Waals surface area contributed by atoms with Crippen molar-refractivity contribution < 1.29 is 14.3 Å². The number of aromatic nitrogens is 1. The minimum atomic E-state index is -0.271. The second-order valence-electron chi connectivity index (χ2n) is 6.59. The standard InChI is InChI=1S/C20H25N3O3/c1-14-8-10-23(11-9-14)15-4-6-18(21-13-15)20(24)22-17-7-5-16(25-2)12-19(17)26-3/h4-7,12-14H,8-11H2,1-3H3,(H,22,24). The minimum Gasteiger partial charge on any atom is -0.497 e. The summed E-state index contributed by atoms with van der Waals surface area (Å²) in [6.45, 7) is 4.37. The Morgan fingerprint density at radius 3 is 2.54 bits per heavy atom. The zero-order chi connectivity index (χ0) is 18.5. The van der Waals surface area contributed by atoms with Crippen LogP contribution in [0.5, 0.6) is 11.5 Å². The maximum absolute atomic E-state index is 12.5. The van der Waals surface area contributed by atoms with E-state index in [0.29, 0.717) is 22.9 Å². The van der Waals surface area contributed by atoms with Gasteiger partial charge in [0.2, 0.25) is 0 Å². The summed E-state index contributed by atoms with van der Waals surface area (Å²) in [6.07, 6.45) is 4.16. The van der Waals surface area contributed by atoms with Crippen LogP contribution in [0.3, 0.4) is 0 Å². The van der Waals surface area contributed by atoms with Crippen molar-refractivity contribution in [3.05, 3.63) is 42.2 Å². The van der Waals surface area contributed by atoms with Gasteiger partial charge in [-0.1, -0.05) is 6.92 Å². The molecule has 1 aliphatic heterocycles. The fraction of sp³-hybridized carbons (Fsp3) is 0.400. The smallest absolute Gasteiger partial charge is 0.274 e. The Balaban J connectivity index is 1.69. The molecule has 2 heterocycles. The SMILES string of the molecule is COc1ccc(NC(=O)c2ccc(N3CCC(C)CC3)cn2)c(OC)c1. The molecule has 1 aromatic carbocycles. The third-order valence-electron chi connectivity index (χ3n) is 4.79. The van der Waals surface area contributed by atoms with Crippen molar-refractivity contribution in [1.82, 2.24) is 4.98 Å². The zero-order valence-electron chi connectivity index (χ0n) is 15.5. The summed E-state index contributed by atoms with van der Waals surface area (Å²) in [6, 6.07) is 8.97. The molecule has 0 unspecified atom stereocenters. The summed E-state index contributed by atoms with van der Waals surface area (Å²) >= 11 is 0. The van der Waals surface area contributed by atoms with E-state index in [-0.39, 0.29) is 5.91 Å². The highest BCUT2D eigenvalue weighted by Crippen LogP contribution is 2.29. The van der Waals surface area contributed by atoms with E-state index in [9.17, 15) is 4.79 Å². The van der Waals surface area contributed by atoms with Gasteiger partial charge in [0, 0.05) is 19.2 Å². The molecule has 0 saturated carbocycles. The Labute approximate surface area is 154 Å². The highest BCUT2D eigenvalue weighted by Gasteiger charge is 2.17. The molecule has 6 heteroatoms. The Morgan fingerprint density at radius 1 is 1.15 bits per heavy atom. The average molecular weight is 355 g/mol. The van der Waals surface area contributed by atoms with Crippen LogP contribution < -0.4 is 19.7 Å². The van der Waals surface area contributed by atoms with Gasteiger partial charge in [-0.25, -0.2) is 4.98 Å². The fourth-order valence-corrected chi connectivity index (χ4v) is 3.06. The number of rotatable bonds is 5. The lowest BCUT2D eigenvalue weighted by Gasteiger charge is -2.31. The van der Waals surface area contributed by atoms with E-state index in [2.05, 4.69) is 22.1 Å². The number of benzene rings is 1. The van der Waals surface area contributed by atoms with Crippen molar-refractivity contribution in [2.24, 2.45) is 5.92 Å². The van der Waals surface area contributed by atoms with Gasteiger partial charge in [-0.2, -0.15) is 0 Å². The molecule has 2 aromatic rings. The van der Waals surface area contributed by atoms with Gasteiger partial charge in [0.15, 0.2) is 0 Å². The van der Waals surface area contributed by atoms with Gasteiger partial charge in [0.05, 0.1) is 31.8 Å². The lowest BCUT2D eigenvalue weighted by molar-refractivity contribution is 0.102. The number of ether oxygens (including phenoxy) is 2. The van der Waals surface area contributed by atoms with E-state index < -0.39 is 0 Å². The van der Waals surface area contributed by atoms with Crippen LogP contribution in [0.15, 0.2) is 36.5 Å². The molecular weight excluding hydrogens is 330 g/mol. The van der Waals surface area contributed by atoms with Gasteiger partial charge in [0.25, 0.3) is 5.91 Å². The molecule has 1 aromatic heterocycles. The first-order valence-electron chi connectivity index (χ1n) is 8.85. The molecule has 0 spiro atoms. The van der Waals surface area contributed by atoms with Crippen LogP contribution in [0, 0.1) is 5.92 Å². The third kappa shape index (κ3) is 4.07. The summed E-state index contributed by atoms with van der Waals surface area (Å²) < 4.78 is 10.5. The van der Waals surface area contributed by atoms with Crippen molar-refractivity contribution in [3.8, 4) is 11.5 Å². The number of anilines is 2. The third-order valence-corrected chi connectivity index (χ3v) is 4.79. The van der Waals surface area contributed by atoms with E-state index in [1.165, 1.54) is 12.8 Å². The number of nitrogens with zero attached hydrogens (tertiary/aromatic N) is 2. The van der Waals surface area contributed by atoms with Crippen molar-refractivity contribution in [3.63, 3.8) is 0 Å². The largest absolute Gasteiger partial charge is 0.497 e. The second kappa shape index (κ2) is 8.08. The molecule has 0 aliphatic carbocycles. The first kappa shape index (κ1) is 18.0. The number of hydrogen-bond donors (Lipinski definition) is 1. The van der Waals surface area contributed by atoms with Gasteiger partial charge in [-0.3, -0.25) is 4.79 Å². The second-order valence-corrected chi connectivity index (χ2v) is 6.59. The quantitative estimate of drug-likeness (QED) is 0.888. The van der Waals surface area contributed by atoms with Crippen LogP contribution in [0.2, 0.25) is 0 Å². The summed E-state index contributed by atoms with van der Waals surface area (Å²) in [5.41, 5.74) is 2.02. The van der Waals surface area contributed by atoms with Gasteiger partial charge in [-0.05, 0) is 43.0 Å². The molecule has 0 bridgehead atoms. The highest BCUT2D eigenvalue weighted by molar-refractivity contribution is 6.03. The number of pyridine rings is 1. The van der Waals surface area contributed by atoms with E-state index >= 15 is 0 Å². The van der Waals surface area contributed by atoms with Crippen molar-refractivity contribution >= 4 is 17.3 Å². The predicted molar refractivity (Wildman–Crippen MR) is 102 cm³/mol. The summed E-state index contributed by atoms with van der Waals surface area (Å²) in [5, 5.41) is 2.84. The van der Waals surface area contributed by atoms with Crippen molar-refractivity contribution in [2.75, 3.05) is 37.5 Å². The zero-order valence-corrected chi connectivity index (χ0v) is 15.5. The van der Waals surface area contributed by atoms with Crippen LogP contribution >= 0.6 is 0 Å². The molecule has 3 rings (SSSR count). The van der Waals surface area contributed by atoms with Crippen molar-refractivity contribution in [1.29, 1.82) is 0 Å². The van der Waals surface area contributed by atoms with Crippen LogP contribution in [-0.4, -0.2) is 38.2 Å². The molecule has 138 valence electrons. The summed E-state index contributed by atoms with van der Waals surface area (Å²) in [5.74, 6) is 1.71. The molecule has 0 radical (unpaired) electrons. The average Bonchev–Trinajstić information content (AvgIpc) is 2.69. The van der Waals surface area contributed by atoms with Crippen LogP contribution in [0.25, 0.3) is 0 Å². The molecular formula is C20H25N3O3. The summed E-state index contributed by atoms with van der Waals surface area (Å²) in [4.78, 5) is 19.2. The Kier molecular flexibility index (Phi) is 5.61. The maximum Gasteiger partial charge on any atom is 0.274 e. The first-order valence-corrected chi connectivity index (χ1v) is 8.85. The molecule has 6 nitrogen and oxygen atoms in total. The lowest BCUT2D eigenvalue weighted by atomic mass is 9.99. The Bertz CT molecular complexity index is 753. The molecule has 1 fully saturated rings. The van der Waals surface area contributed by atoms with Gasteiger partial charge < -0.3 is 19.7 Å². The predicted octanol–water partition coefficient (Wildman–Crippen LogP) is 3.59. The monoisotopic (exact) mass is 355 g/mol. The Hall–Kier alpha value is -2.76. The highest BCUT2D eigenvalue weighted by atomic mass is 16.5. The molecule has 1 N–H and O–H groups in total. The number of hydrogen-bond acceptors (Lipinski definition) is 5. The fourth-order valence-electron chi connectivity index (χ4n) is 3.06. The van der Waals surface area contributed by atoms with Gasteiger partial charge in [-0.15, -0.1) is 0 Å². The Morgan fingerprint density at radius 2 is 1.92 bits per heavy atom. The van der Waals surface area contributed by atoms with Crippen LogP contribution in [0.4, 0.5) is 11.4 Å². The van der Waals surface area contributed by atoms with Crippen LogP contribution in [0.1, 0.15) is 30.3 Å². The number of nitrogens with one attached hydrogen (secondary N) is 1. The topological polar surface area (TPSA) is 63.7 Å². The molecule has 0 atom stereocenters. The minimum absolute atomic E-state index is 0.271. The summed E-state index contributed by atoms with van der Waals surface area (Å²) in [7, 11) is 3.14. The number of piperidine rings is 1. The van der Waals surface area contributed by atoms with E-state index in [1.54, 1.807) is 44.7 Å². The van der Waals surface area contributed by atoms with Gasteiger partial charge in [0.1, 0.15) is 17.2 Å². The number of carbonyl (C=O) groups is 1. The maximum atomic E-state index is 12.5. The number of carbonyl (C=O) groups excluding carboxylic acids is 1. The van der Waals surface area contributed by atoms with Crippen molar-refractivity contribution in [2.45, 2.75) is 19.8 Å². The van der Waals surface area contributed by atoms with E-state index in [1.807, 2.05) is 6.07 Å². The molecule has 1 saturated heterocycles. The van der Waals surface area contributed by atoms with E-state index in [4.69, 9.17) is 9.47 Å². The number of amides is 1. The lowest BCUT2D eigenvalue weighted by Crippen LogP contribution is -2.32. The molecule has 1 amide bonds. The van der Waals surface area contributed by atoms with E-state index in [0.717, 1.165) is 24.7 Å². The molecule has 1 aliphatic rings. The molecule has 26 heavy (non-hydrogen) atoms.